The van der Waals surface area contributed by atoms with E-state index in [0.717, 1.165) is 11.3 Å². The molecule has 0 aliphatic rings. The third-order valence-corrected chi connectivity index (χ3v) is 4.20. The van der Waals surface area contributed by atoms with E-state index in [2.05, 4.69) is 15.5 Å². The van der Waals surface area contributed by atoms with Crippen LogP contribution in [-0.4, -0.2) is 25.9 Å². The number of hydrogen-bond donors (Lipinski definition) is 2. The van der Waals surface area contributed by atoms with Gasteiger partial charge in [-0.2, -0.15) is 0 Å². The highest BCUT2D eigenvalue weighted by Crippen LogP contribution is 2.26. The van der Waals surface area contributed by atoms with Crippen molar-refractivity contribution in [2.24, 2.45) is 0 Å². The summed E-state index contributed by atoms with van der Waals surface area (Å²) in [6.45, 7) is 7.83. The lowest BCUT2D eigenvalue weighted by Gasteiger charge is -2.15. The van der Waals surface area contributed by atoms with E-state index in [0.29, 0.717) is 11.1 Å². The maximum Gasteiger partial charge on any atom is 0.237 e. The minimum Gasteiger partial charge on any atom is -0.368 e. The molecule has 6 nitrogen and oxygen atoms in total. The van der Waals surface area contributed by atoms with E-state index in [1.807, 2.05) is 56.5 Å². The predicted octanol–water partition coefficient (Wildman–Crippen LogP) is 2.87. The number of carbonyl (C=O) groups excluding carboxylic acids is 1. The Hall–Kier alpha value is -2.02. The lowest BCUT2D eigenvalue weighted by atomic mass is 10.2. The fourth-order valence-corrected chi connectivity index (χ4v) is 3.02. The number of benzene rings is 1. The van der Waals surface area contributed by atoms with Crippen molar-refractivity contribution in [1.29, 1.82) is 0 Å². The molecule has 0 saturated carbocycles. The van der Waals surface area contributed by atoms with E-state index in [9.17, 15) is 4.79 Å². The first kappa shape index (κ1) is 16.4. The van der Waals surface area contributed by atoms with Gasteiger partial charge in [-0.1, -0.05) is 23.9 Å². The minimum atomic E-state index is -0.304. The summed E-state index contributed by atoms with van der Waals surface area (Å²) in [5.74, 6) is 0.288. The molecule has 118 valence electrons. The molecule has 2 rings (SSSR count). The van der Waals surface area contributed by atoms with Crippen LogP contribution in [0.1, 0.15) is 32.4 Å². The van der Waals surface area contributed by atoms with Crippen LogP contribution in [0.4, 0.5) is 11.6 Å². The van der Waals surface area contributed by atoms with Gasteiger partial charge in [0.2, 0.25) is 11.9 Å². The summed E-state index contributed by atoms with van der Waals surface area (Å²) in [5.41, 5.74) is 7.71. The van der Waals surface area contributed by atoms with Gasteiger partial charge in [0.25, 0.3) is 0 Å². The zero-order valence-corrected chi connectivity index (χ0v) is 14.0. The number of aryl methyl sites for hydroxylation is 1. The molecule has 0 spiro atoms. The average Bonchev–Trinajstić information content (AvgIpc) is 2.79. The molecule has 0 radical (unpaired) electrons. The second kappa shape index (κ2) is 6.83. The van der Waals surface area contributed by atoms with Gasteiger partial charge in [0.05, 0.1) is 5.25 Å². The van der Waals surface area contributed by atoms with Gasteiger partial charge in [0.1, 0.15) is 0 Å². The van der Waals surface area contributed by atoms with Crippen molar-refractivity contribution in [2.45, 2.75) is 44.1 Å². The summed E-state index contributed by atoms with van der Waals surface area (Å²) in [6, 6.07) is 7.85. The van der Waals surface area contributed by atoms with Crippen molar-refractivity contribution in [3.63, 3.8) is 0 Å². The second-order valence-corrected chi connectivity index (χ2v) is 6.73. The van der Waals surface area contributed by atoms with Crippen molar-refractivity contribution < 1.29 is 4.79 Å². The maximum atomic E-state index is 12.3. The third kappa shape index (κ3) is 3.79. The number of anilines is 2. The first-order valence-electron chi connectivity index (χ1n) is 7.13. The highest BCUT2D eigenvalue weighted by molar-refractivity contribution is 8.00. The smallest absolute Gasteiger partial charge is 0.237 e. The highest BCUT2D eigenvalue weighted by atomic mass is 32.2. The first-order chi connectivity index (χ1) is 10.4. The first-order valence-corrected chi connectivity index (χ1v) is 8.01. The normalized spacial score (nSPS) is 12.4. The van der Waals surface area contributed by atoms with Crippen molar-refractivity contribution >= 4 is 29.3 Å². The molecule has 0 bridgehead atoms. The van der Waals surface area contributed by atoms with Gasteiger partial charge >= 0.3 is 0 Å². The maximum absolute atomic E-state index is 12.3. The molecule has 1 aromatic heterocycles. The summed E-state index contributed by atoms with van der Waals surface area (Å²) in [7, 11) is 0. The molecule has 0 saturated heterocycles. The Morgan fingerprint density at radius 3 is 2.68 bits per heavy atom. The lowest BCUT2D eigenvalue weighted by molar-refractivity contribution is -0.115. The Morgan fingerprint density at radius 2 is 2.05 bits per heavy atom. The van der Waals surface area contributed by atoms with Crippen LogP contribution in [0, 0.1) is 6.92 Å². The number of nitrogens with one attached hydrogen (secondary N) is 1. The van der Waals surface area contributed by atoms with Crippen molar-refractivity contribution in [3.05, 3.63) is 29.8 Å². The van der Waals surface area contributed by atoms with E-state index in [1.165, 1.54) is 11.8 Å². The predicted molar refractivity (Wildman–Crippen MR) is 89.9 cm³/mol. The fourth-order valence-electron chi connectivity index (χ4n) is 2.03. The molecule has 22 heavy (non-hydrogen) atoms. The molecule has 1 atom stereocenters. The largest absolute Gasteiger partial charge is 0.368 e. The van der Waals surface area contributed by atoms with E-state index in [4.69, 9.17) is 5.73 Å². The van der Waals surface area contributed by atoms with E-state index in [1.54, 1.807) is 0 Å². The third-order valence-electron chi connectivity index (χ3n) is 3.14. The number of thioether (sulfide) groups is 1. The van der Waals surface area contributed by atoms with Crippen molar-refractivity contribution in [2.75, 3.05) is 11.1 Å². The van der Waals surface area contributed by atoms with Gasteiger partial charge in [0, 0.05) is 11.7 Å². The molecule has 0 aliphatic carbocycles. The Balaban J connectivity index is 2.06. The lowest BCUT2D eigenvalue weighted by Crippen LogP contribution is -2.23. The average molecular weight is 319 g/mol. The van der Waals surface area contributed by atoms with Crippen LogP contribution in [0.3, 0.4) is 0 Å². The van der Waals surface area contributed by atoms with Gasteiger partial charge in [0.15, 0.2) is 5.16 Å². The van der Waals surface area contributed by atoms with Gasteiger partial charge in [-0.25, -0.2) is 0 Å². The van der Waals surface area contributed by atoms with Gasteiger partial charge in [-0.05, 0) is 45.4 Å². The molecule has 1 aromatic carbocycles. The van der Waals surface area contributed by atoms with E-state index in [-0.39, 0.29) is 17.2 Å². The highest BCUT2D eigenvalue weighted by Gasteiger charge is 2.20. The van der Waals surface area contributed by atoms with Gasteiger partial charge in [-0.3, -0.25) is 9.36 Å². The van der Waals surface area contributed by atoms with Crippen LogP contribution >= 0.6 is 11.8 Å². The molecule has 2 aromatic rings. The Kier molecular flexibility index (Phi) is 5.07. The summed E-state index contributed by atoms with van der Waals surface area (Å²) in [4.78, 5) is 12.3. The molecule has 0 aliphatic heterocycles. The molecular formula is C15H21N5OS. The van der Waals surface area contributed by atoms with Gasteiger partial charge < -0.3 is 11.1 Å². The summed E-state index contributed by atoms with van der Waals surface area (Å²) in [6.07, 6.45) is 0. The molecule has 0 fully saturated rings. The number of aromatic nitrogens is 3. The zero-order chi connectivity index (χ0) is 16.3. The quantitative estimate of drug-likeness (QED) is 0.828. The zero-order valence-electron chi connectivity index (χ0n) is 13.2. The summed E-state index contributed by atoms with van der Waals surface area (Å²) in [5, 5.41) is 11.2. The second-order valence-electron chi connectivity index (χ2n) is 5.42. The monoisotopic (exact) mass is 319 g/mol. The van der Waals surface area contributed by atoms with E-state index >= 15 is 0 Å². The fraction of sp³-hybridized carbons (Fsp3) is 0.400. The summed E-state index contributed by atoms with van der Waals surface area (Å²) < 4.78 is 1.82. The SMILES string of the molecule is Cc1cccc(NC(=O)C(C)Sc2nnc(N)n2C(C)C)c1. The van der Waals surface area contributed by atoms with Crippen LogP contribution < -0.4 is 11.1 Å². The summed E-state index contributed by atoms with van der Waals surface area (Å²) >= 11 is 1.35. The van der Waals surface area contributed by atoms with Crippen LogP contribution in [0.25, 0.3) is 0 Å². The molecule has 7 heteroatoms. The van der Waals surface area contributed by atoms with Crippen LogP contribution in [0.2, 0.25) is 0 Å². The molecule has 3 N–H and O–H groups in total. The Bertz CT molecular complexity index is 668. The number of nitrogens with zero attached hydrogens (tertiary/aromatic N) is 3. The Morgan fingerprint density at radius 1 is 1.32 bits per heavy atom. The van der Waals surface area contributed by atoms with Crippen LogP contribution in [0.5, 0.6) is 0 Å². The number of rotatable bonds is 5. The topological polar surface area (TPSA) is 85.8 Å². The molecule has 1 unspecified atom stereocenters. The molecule has 1 amide bonds. The standard InChI is InChI=1S/C15H21N5OS/c1-9(2)20-14(16)18-19-15(20)22-11(4)13(21)17-12-7-5-6-10(3)8-12/h5-9,11H,1-4H3,(H2,16,18)(H,17,21). The number of carbonyl (C=O) groups is 1. The molecule has 1 heterocycles. The van der Waals surface area contributed by atoms with Gasteiger partial charge in [-0.15, -0.1) is 10.2 Å². The Labute approximate surface area is 134 Å². The van der Waals surface area contributed by atoms with Crippen LogP contribution in [0.15, 0.2) is 29.4 Å². The van der Waals surface area contributed by atoms with Crippen LogP contribution in [-0.2, 0) is 4.79 Å². The number of nitrogens with two attached hydrogens (primary N) is 1. The number of hydrogen-bond acceptors (Lipinski definition) is 5. The van der Waals surface area contributed by atoms with E-state index < -0.39 is 0 Å². The van der Waals surface area contributed by atoms with Crippen molar-refractivity contribution in [3.8, 4) is 0 Å². The number of nitrogen functional groups attached to an aromatic ring is 1. The minimum absolute atomic E-state index is 0.0764. The van der Waals surface area contributed by atoms with Crippen molar-refractivity contribution in [1.82, 2.24) is 14.8 Å². The number of amides is 1. The molecular weight excluding hydrogens is 298 g/mol.